The van der Waals surface area contributed by atoms with E-state index in [2.05, 4.69) is 11.4 Å². The summed E-state index contributed by atoms with van der Waals surface area (Å²) in [4.78, 5) is 25.8. The van der Waals surface area contributed by atoms with Crippen molar-refractivity contribution in [3.8, 4) is 17.2 Å². The summed E-state index contributed by atoms with van der Waals surface area (Å²) in [6, 6.07) is 5.26. The Morgan fingerprint density at radius 1 is 1.17 bits per heavy atom. The number of nitrogens with two attached hydrogens (primary N) is 1. The van der Waals surface area contributed by atoms with Crippen molar-refractivity contribution in [3.63, 3.8) is 0 Å². The third-order valence-electron chi connectivity index (χ3n) is 4.88. The molecule has 1 aliphatic heterocycles. The standard InChI is InChI=1S/C21H25N3O5S/c1-27-14-10-16(28-2)19(17(11-14)29-3)13-4-7-24(8-5-13)12-18(25)23-21-15(20(22)26)6-9-30-21/h4,6,9-11H,5,7-8,12H2,1-3H3,(H2,22,26)(H,23,25). The first-order valence-corrected chi connectivity index (χ1v) is 10.2. The maximum atomic E-state index is 12.4. The Morgan fingerprint density at radius 3 is 2.40 bits per heavy atom. The molecule has 2 heterocycles. The van der Waals surface area contributed by atoms with Gasteiger partial charge in [0.1, 0.15) is 22.2 Å². The van der Waals surface area contributed by atoms with Crippen molar-refractivity contribution in [3.05, 3.63) is 40.8 Å². The van der Waals surface area contributed by atoms with Gasteiger partial charge in [0, 0.05) is 25.2 Å². The molecule has 2 aromatic rings. The number of nitrogens with one attached hydrogen (secondary N) is 1. The van der Waals surface area contributed by atoms with E-state index in [4.69, 9.17) is 19.9 Å². The molecule has 8 nitrogen and oxygen atoms in total. The van der Waals surface area contributed by atoms with Crippen LogP contribution >= 0.6 is 11.3 Å². The highest BCUT2D eigenvalue weighted by molar-refractivity contribution is 7.14. The number of carbonyl (C=O) groups excluding carboxylic acids is 2. The summed E-state index contributed by atoms with van der Waals surface area (Å²) in [5.74, 6) is 1.28. The first-order chi connectivity index (χ1) is 14.5. The Labute approximate surface area is 179 Å². The summed E-state index contributed by atoms with van der Waals surface area (Å²) in [5, 5.41) is 4.98. The van der Waals surface area contributed by atoms with E-state index >= 15 is 0 Å². The molecular weight excluding hydrogens is 406 g/mol. The Bertz CT molecular complexity index is 944. The van der Waals surface area contributed by atoms with Crippen LogP contribution in [-0.2, 0) is 4.79 Å². The summed E-state index contributed by atoms with van der Waals surface area (Å²) in [6.45, 7) is 1.52. The molecule has 0 aliphatic carbocycles. The maximum Gasteiger partial charge on any atom is 0.251 e. The van der Waals surface area contributed by atoms with Crippen molar-refractivity contribution in [2.45, 2.75) is 6.42 Å². The summed E-state index contributed by atoms with van der Waals surface area (Å²) in [7, 11) is 4.82. The number of hydrogen-bond donors (Lipinski definition) is 2. The van der Waals surface area contributed by atoms with E-state index in [1.807, 2.05) is 17.0 Å². The summed E-state index contributed by atoms with van der Waals surface area (Å²) in [5.41, 5.74) is 7.64. The lowest BCUT2D eigenvalue weighted by molar-refractivity contribution is -0.117. The van der Waals surface area contributed by atoms with Crippen LogP contribution in [0.4, 0.5) is 5.00 Å². The monoisotopic (exact) mass is 431 g/mol. The van der Waals surface area contributed by atoms with Gasteiger partial charge in [0.25, 0.3) is 5.91 Å². The molecule has 0 saturated carbocycles. The molecule has 0 atom stereocenters. The van der Waals surface area contributed by atoms with E-state index in [-0.39, 0.29) is 12.5 Å². The molecule has 0 unspecified atom stereocenters. The molecule has 1 aliphatic rings. The lowest BCUT2D eigenvalue weighted by Gasteiger charge is -2.27. The van der Waals surface area contributed by atoms with Crippen LogP contribution in [0.5, 0.6) is 17.2 Å². The first-order valence-electron chi connectivity index (χ1n) is 9.35. The molecular formula is C21H25N3O5S. The van der Waals surface area contributed by atoms with Crippen molar-refractivity contribution in [1.82, 2.24) is 4.90 Å². The Balaban J connectivity index is 1.69. The van der Waals surface area contributed by atoms with Crippen LogP contribution < -0.4 is 25.3 Å². The number of primary amides is 1. The van der Waals surface area contributed by atoms with Gasteiger partial charge < -0.3 is 25.3 Å². The fraction of sp³-hybridized carbons (Fsp3) is 0.333. The molecule has 1 aromatic carbocycles. The SMILES string of the molecule is COc1cc(OC)c(C2=CCN(CC(=O)Nc3sccc3C(N)=O)CC2)c(OC)c1. The average molecular weight is 432 g/mol. The molecule has 1 aromatic heterocycles. The molecule has 3 rings (SSSR count). The number of hydrogen-bond acceptors (Lipinski definition) is 7. The molecule has 0 radical (unpaired) electrons. The van der Waals surface area contributed by atoms with Crippen LogP contribution in [0.3, 0.4) is 0 Å². The topological polar surface area (TPSA) is 103 Å². The van der Waals surface area contributed by atoms with Gasteiger partial charge in [0.2, 0.25) is 5.91 Å². The van der Waals surface area contributed by atoms with Crippen molar-refractivity contribution < 1.29 is 23.8 Å². The maximum absolute atomic E-state index is 12.4. The average Bonchev–Trinajstić information content (AvgIpc) is 3.21. The summed E-state index contributed by atoms with van der Waals surface area (Å²) >= 11 is 1.28. The second kappa shape index (κ2) is 9.64. The van der Waals surface area contributed by atoms with Gasteiger partial charge in [-0.15, -0.1) is 11.3 Å². The van der Waals surface area contributed by atoms with Gasteiger partial charge >= 0.3 is 0 Å². The van der Waals surface area contributed by atoms with Crippen molar-refractivity contribution >= 4 is 33.7 Å². The van der Waals surface area contributed by atoms with Crippen LogP contribution in [0.2, 0.25) is 0 Å². The fourth-order valence-corrected chi connectivity index (χ4v) is 4.18. The van der Waals surface area contributed by atoms with E-state index in [1.165, 1.54) is 11.3 Å². The lowest BCUT2D eigenvalue weighted by Crippen LogP contribution is -2.36. The van der Waals surface area contributed by atoms with Gasteiger partial charge in [-0.1, -0.05) is 6.08 Å². The minimum atomic E-state index is -0.556. The number of anilines is 1. The fourth-order valence-electron chi connectivity index (χ4n) is 3.37. The van der Waals surface area contributed by atoms with Crippen molar-refractivity contribution in [2.75, 3.05) is 46.3 Å². The highest BCUT2D eigenvalue weighted by Crippen LogP contribution is 2.40. The molecule has 0 bridgehead atoms. The third-order valence-corrected chi connectivity index (χ3v) is 5.71. The zero-order chi connectivity index (χ0) is 21.7. The van der Waals surface area contributed by atoms with Gasteiger partial charge in [-0.05, 0) is 23.4 Å². The molecule has 0 fully saturated rings. The van der Waals surface area contributed by atoms with Crippen LogP contribution in [0.1, 0.15) is 22.3 Å². The van der Waals surface area contributed by atoms with Gasteiger partial charge in [0.15, 0.2) is 0 Å². The Morgan fingerprint density at radius 2 is 1.87 bits per heavy atom. The molecule has 2 amide bonds. The van der Waals surface area contributed by atoms with E-state index < -0.39 is 5.91 Å². The first kappa shape index (κ1) is 21.7. The smallest absolute Gasteiger partial charge is 0.251 e. The van der Waals surface area contributed by atoms with Crippen molar-refractivity contribution in [2.24, 2.45) is 5.73 Å². The number of carbonyl (C=O) groups is 2. The van der Waals surface area contributed by atoms with E-state index in [9.17, 15) is 9.59 Å². The van der Waals surface area contributed by atoms with Crippen LogP contribution in [0.25, 0.3) is 5.57 Å². The Hall–Kier alpha value is -3.04. The minimum Gasteiger partial charge on any atom is -0.496 e. The second-order valence-corrected chi connectivity index (χ2v) is 7.61. The highest BCUT2D eigenvalue weighted by Gasteiger charge is 2.22. The quantitative estimate of drug-likeness (QED) is 0.666. The molecule has 30 heavy (non-hydrogen) atoms. The van der Waals surface area contributed by atoms with Gasteiger partial charge in [-0.25, -0.2) is 0 Å². The molecule has 160 valence electrons. The molecule has 9 heteroatoms. The zero-order valence-electron chi connectivity index (χ0n) is 17.2. The van der Waals surface area contributed by atoms with E-state index in [0.717, 1.165) is 17.6 Å². The predicted molar refractivity (Wildman–Crippen MR) is 117 cm³/mol. The zero-order valence-corrected chi connectivity index (χ0v) is 18.0. The normalized spacial score (nSPS) is 14.0. The number of amides is 2. The van der Waals surface area contributed by atoms with Crippen LogP contribution in [0, 0.1) is 0 Å². The predicted octanol–water partition coefficient (Wildman–Crippen LogP) is 2.60. The number of thiophene rings is 1. The summed E-state index contributed by atoms with van der Waals surface area (Å²) in [6.07, 6.45) is 2.81. The van der Waals surface area contributed by atoms with Crippen LogP contribution in [0.15, 0.2) is 29.7 Å². The third kappa shape index (κ3) is 4.74. The molecule has 3 N–H and O–H groups in total. The minimum absolute atomic E-state index is 0.184. The molecule has 0 spiro atoms. The largest absolute Gasteiger partial charge is 0.496 e. The van der Waals surface area contributed by atoms with Crippen molar-refractivity contribution in [1.29, 1.82) is 0 Å². The number of ether oxygens (including phenoxy) is 3. The van der Waals surface area contributed by atoms with Gasteiger partial charge in [-0.3, -0.25) is 14.5 Å². The number of methoxy groups -OCH3 is 3. The number of benzene rings is 1. The van der Waals surface area contributed by atoms with Gasteiger partial charge in [-0.2, -0.15) is 0 Å². The molecule has 0 saturated heterocycles. The van der Waals surface area contributed by atoms with E-state index in [0.29, 0.717) is 40.9 Å². The number of rotatable bonds is 8. The van der Waals surface area contributed by atoms with Crippen LogP contribution in [-0.4, -0.2) is 57.7 Å². The lowest BCUT2D eigenvalue weighted by atomic mass is 9.97. The summed E-state index contributed by atoms with van der Waals surface area (Å²) < 4.78 is 16.4. The Kier molecular flexibility index (Phi) is 6.96. The number of nitrogens with zero attached hydrogens (tertiary/aromatic N) is 1. The van der Waals surface area contributed by atoms with E-state index in [1.54, 1.807) is 32.8 Å². The highest BCUT2D eigenvalue weighted by atomic mass is 32.1. The van der Waals surface area contributed by atoms with Gasteiger partial charge in [0.05, 0.1) is 39.0 Å². The second-order valence-electron chi connectivity index (χ2n) is 6.70.